The third kappa shape index (κ3) is 5.32. The van der Waals surface area contributed by atoms with Gasteiger partial charge in [-0.15, -0.1) is 0 Å². The molecule has 0 unspecified atom stereocenters. The molecule has 1 aliphatic heterocycles. The lowest BCUT2D eigenvalue weighted by atomic mass is 9.76. The van der Waals surface area contributed by atoms with E-state index >= 15 is 0 Å². The number of benzene rings is 1. The quantitative estimate of drug-likeness (QED) is 0.704. The molecule has 1 aliphatic carbocycles. The summed E-state index contributed by atoms with van der Waals surface area (Å²) in [6.45, 7) is 0.564. The molecule has 3 amide bonds. The number of rotatable bonds is 3. The average Bonchev–Trinajstić information content (AvgIpc) is 2.67. The Balaban J connectivity index is 1.78. The van der Waals surface area contributed by atoms with Gasteiger partial charge < -0.3 is 15.5 Å². The second-order valence-corrected chi connectivity index (χ2v) is 7.93. The third-order valence-electron chi connectivity index (χ3n) is 5.61. The van der Waals surface area contributed by atoms with Crippen LogP contribution < -0.4 is 10.6 Å². The number of hydrogen-bond acceptors (Lipinski definition) is 2. The van der Waals surface area contributed by atoms with Crippen LogP contribution in [0.5, 0.6) is 0 Å². The highest BCUT2D eigenvalue weighted by Crippen LogP contribution is 2.43. The summed E-state index contributed by atoms with van der Waals surface area (Å²) < 4.78 is 52.6. The largest absolute Gasteiger partial charge is 0.391 e. The molecule has 2 aliphatic rings. The Morgan fingerprint density at radius 3 is 2.52 bits per heavy atom. The highest BCUT2D eigenvalue weighted by molar-refractivity contribution is 6.30. The van der Waals surface area contributed by atoms with Gasteiger partial charge in [-0.2, -0.15) is 13.2 Å². The van der Waals surface area contributed by atoms with E-state index in [1.54, 1.807) is 0 Å². The van der Waals surface area contributed by atoms with Gasteiger partial charge in [0.05, 0.1) is 17.0 Å². The van der Waals surface area contributed by atoms with Crippen molar-refractivity contribution in [2.45, 2.75) is 37.9 Å². The number of carbonyl (C=O) groups is 2. The van der Waals surface area contributed by atoms with Crippen LogP contribution in [0.25, 0.3) is 0 Å². The SMILES string of the molecule is O=C1CN(C(=O)N[C@H](c2ccc(F)c(Cl)c2)C2CCC(C(F)(F)F)CC2)CCN1. The van der Waals surface area contributed by atoms with Crippen LogP contribution in [0, 0.1) is 17.7 Å². The van der Waals surface area contributed by atoms with Gasteiger partial charge in [-0.05, 0) is 49.3 Å². The maximum atomic E-state index is 13.6. The minimum atomic E-state index is -4.23. The van der Waals surface area contributed by atoms with Crippen molar-refractivity contribution in [2.24, 2.45) is 11.8 Å². The number of urea groups is 1. The fourth-order valence-corrected chi connectivity index (χ4v) is 4.18. The summed E-state index contributed by atoms with van der Waals surface area (Å²) in [7, 11) is 0. The summed E-state index contributed by atoms with van der Waals surface area (Å²) in [6.07, 6.45) is -3.75. The highest BCUT2D eigenvalue weighted by atomic mass is 35.5. The lowest BCUT2D eigenvalue weighted by molar-refractivity contribution is -0.184. The Kier molecular flexibility index (Phi) is 6.55. The number of nitrogens with one attached hydrogen (secondary N) is 2. The van der Waals surface area contributed by atoms with Crippen molar-refractivity contribution in [1.29, 1.82) is 0 Å². The molecule has 0 radical (unpaired) electrons. The molecule has 1 saturated heterocycles. The van der Waals surface area contributed by atoms with Gasteiger partial charge in [-0.25, -0.2) is 9.18 Å². The van der Waals surface area contributed by atoms with Gasteiger partial charge >= 0.3 is 12.2 Å². The number of alkyl halides is 3. The molecule has 1 saturated carbocycles. The molecule has 0 spiro atoms. The first-order chi connectivity index (χ1) is 13.6. The summed E-state index contributed by atoms with van der Waals surface area (Å²) in [6, 6.07) is 2.93. The molecule has 2 N–H and O–H groups in total. The van der Waals surface area contributed by atoms with E-state index in [9.17, 15) is 27.2 Å². The van der Waals surface area contributed by atoms with Gasteiger partial charge in [0.2, 0.25) is 5.91 Å². The smallest absolute Gasteiger partial charge is 0.353 e. The lowest BCUT2D eigenvalue weighted by Gasteiger charge is -2.36. The molecule has 10 heteroatoms. The highest BCUT2D eigenvalue weighted by Gasteiger charge is 2.43. The zero-order chi connectivity index (χ0) is 21.2. The Hall–Kier alpha value is -2.03. The van der Waals surface area contributed by atoms with Crippen LogP contribution in [0.4, 0.5) is 22.4 Å². The van der Waals surface area contributed by atoms with Crippen LogP contribution in [0.3, 0.4) is 0 Å². The van der Waals surface area contributed by atoms with E-state index in [0.29, 0.717) is 18.7 Å². The average molecular weight is 436 g/mol. The van der Waals surface area contributed by atoms with E-state index in [4.69, 9.17) is 11.6 Å². The minimum Gasteiger partial charge on any atom is -0.353 e. The predicted octanol–water partition coefficient (Wildman–Crippen LogP) is 4.03. The first-order valence-corrected chi connectivity index (χ1v) is 9.86. The van der Waals surface area contributed by atoms with Gasteiger partial charge in [0.1, 0.15) is 12.4 Å². The number of halogens is 5. The molecule has 2 fully saturated rings. The second kappa shape index (κ2) is 8.77. The number of amides is 3. The summed E-state index contributed by atoms with van der Waals surface area (Å²) in [5, 5.41) is 5.34. The summed E-state index contributed by atoms with van der Waals surface area (Å²) in [5.41, 5.74) is 0.529. The van der Waals surface area contributed by atoms with Crippen molar-refractivity contribution in [3.8, 4) is 0 Å². The van der Waals surface area contributed by atoms with Crippen molar-refractivity contribution in [2.75, 3.05) is 19.6 Å². The second-order valence-electron chi connectivity index (χ2n) is 7.53. The van der Waals surface area contributed by atoms with E-state index in [-0.39, 0.29) is 49.1 Å². The Morgan fingerprint density at radius 1 is 1.24 bits per heavy atom. The van der Waals surface area contributed by atoms with Crippen LogP contribution in [0.2, 0.25) is 5.02 Å². The van der Waals surface area contributed by atoms with Crippen molar-refractivity contribution in [3.63, 3.8) is 0 Å². The molecule has 3 rings (SSSR count). The Labute approximate surface area is 170 Å². The fourth-order valence-electron chi connectivity index (χ4n) is 4.00. The predicted molar refractivity (Wildman–Crippen MR) is 98.8 cm³/mol. The molecule has 0 aromatic heterocycles. The van der Waals surface area contributed by atoms with Crippen molar-refractivity contribution < 1.29 is 27.2 Å². The minimum absolute atomic E-state index is 0.0262. The van der Waals surface area contributed by atoms with Crippen LogP contribution in [0.1, 0.15) is 37.3 Å². The van der Waals surface area contributed by atoms with Crippen LogP contribution in [0.15, 0.2) is 18.2 Å². The zero-order valence-electron chi connectivity index (χ0n) is 15.6. The first-order valence-electron chi connectivity index (χ1n) is 9.49. The number of nitrogens with zero attached hydrogens (tertiary/aromatic N) is 1. The number of carbonyl (C=O) groups excluding carboxylic acids is 2. The normalized spacial score (nSPS) is 24.0. The molecule has 160 valence electrons. The van der Waals surface area contributed by atoms with Crippen molar-refractivity contribution in [3.05, 3.63) is 34.6 Å². The molecule has 29 heavy (non-hydrogen) atoms. The summed E-state index contributed by atoms with van der Waals surface area (Å²) >= 11 is 5.88. The van der Waals surface area contributed by atoms with E-state index in [2.05, 4.69) is 10.6 Å². The van der Waals surface area contributed by atoms with Gasteiger partial charge in [-0.1, -0.05) is 17.7 Å². The molecule has 1 atom stereocenters. The van der Waals surface area contributed by atoms with E-state index < -0.39 is 30.0 Å². The topological polar surface area (TPSA) is 61.4 Å². The number of piperazine rings is 1. The van der Waals surface area contributed by atoms with Gasteiger partial charge in [0.15, 0.2) is 0 Å². The van der Waals surface area contributed by atoms with Crippen molar-refractivity contribution in [1.82, 2.24) is 15.5 Å². The molecule has 1 aromatic carbocycles. The van der Waals surface area contributed by atoms with E-state index in [1.807, 2.05) is 0 Å². The van der Waals surface area contributed by atoms with Crippen LogP contribution >= 0.6 is 11.6 Å². The van der Waals surface area contributed by atoms with Gasteiger partial charge in [0.25, 0.3) is 0 Å². The zero-order valence-corrected chi connectivity index (χ0v) is 16.3. The lowest BCUT2D eigenvalue weighted by Crippen LogP contribution is -2.54. The fraction of sp³-hybridized carbons (Fsp3) is 0.579. The molecular formula is C19H22ClF4N3O2. The van der Waals surface area contributed by atoms with Crippen molar-refractivity contribution >= 4 is 23.5 Å². The Bertz CT molecular complexity index is 766. The standard InChI is InChI=1S/C19H22ClF4N3O2/c20-14-9-12(3-6-15(14)21)17(11-1-4-13(5-2-11)19(22,23)24)26-18(29)27-8-7-25-16(28)10-27/h3,6,9,11,13,17H,1-2,4-5,7-8,10H2,(H,25,28)(H,26,29)/t11?,13?,17-/m0/s1. The summed E-state index contributed by atoms with van der Waals surface area (Å²) in [5.74, 6) is -2.50. The monoisotopic (exact) mass is 435 g/mol. The number of hydrogen-bond donors (Lipinski definition) is 2. The third-order valence-corrected chi connectivity index (χ3v) is 5.90. The van der Waals surface area contributed by atoms with E-state index in [1.165, 1.54) is 23.1 Å². The maximum absolute atomic E-state index is 13.6. The Morgan fingerprint density at radius 2 is 1.93 bits per heavy atom. The van der Waals surface area contributed by atoms with E-state index in [0.717, 1.165) is 0 Å². The first kappa shape index (κ1) is 21.7. The maximum Gasteiger partial charge on any atom is 0.391 e. The molecule has 1 aromatic rings. The molecule has 5 nitrogen and oxygen atoms in total. The molecule has 0 bridgehead atoms. The van der Waals surface area contributed by atoms with Crippen LogP contribution in [-0.2, 0) is 4.79 Å². The van der Waals surface area contributed by atoms with Gasteiger partial charge in [-0.3, -0.25) is 4.79 Å². The summed E-state index contributed by atoms with van der Waals surface area (Å²) in [4.78, 5) is 25.6. The molecular weight excluding hydrogens is 414 g/mol. The molecule has 1 heterocycles. The van der Waals surface area contributed by atoms with Gasteiger partial charge in [0, 0.05) is 13.1 Å². The van der Waals surface area contributed by atoms with Crippen LogP contribution in [-0.4, -0.2) is 42.6 Å².